The van der Waals surface area contributed by atoms with Gasteiger partial charge in [-0.25, -0.2) is 0 Å². The Morgan fingerprint density at radius 1 is 1.14 bits per heavy atom. The maximum absolute atomic E-state index is 9.87. The molecule has 1 aliphatic rings. The van der Waals surface area contributed by atoms with Crippen molar-refractivity contribution in [2.24, 2.45) is 0 Å². The molecule has 0 unspecified atom stereocenters. The molecule has 124 valence electrons. The van der Waals surface area contributed by atoms with Gasteiger partial charge in [0.2, 0.25) is 0 Å². The monoisotopic (exact) mass is 302 g/mol. The van der Waals surface area contributed by atoms with Gasteiger partial charge in [0.25, 0.3) is 0 Å². The highest BCUT2D eigenvalue weighted by Crippen LogP contribution is 2.18. The molecule has 0 aromatic carbocycles. The summed E-state index contributed by atoms with van der Waals surface area (Å²) in [5, 5.41) is 28.6. The number of allylic oxidation sites excluding steroid dienone is 1. The fourth-order valence-electron chi connectivity index (χ4n) is 2.44. The number of aliphatic hydroxyl groups is 3. The van der Waals surface area contributed by atoms with Gasteiger partial charge in [0.1, 0.15) is 24.4 Å². The normalized spacial score (nSPS) is 30.1. The van der Waals surface area contributed by atoms with Crippen molar-refractivity contribution >= 4 is 0 Å². The van der Waals surface area contributed by atoms with Gasteiger partial charge < -0.3 is 24.8 Å². The van der Waals surface area contributed by atoms with Crippen molar-refractivity contribution in [1.29, 1.82) is 0 Å². The average Bonchev–Trinajstić information content (AvgIpc) is 2.49. The number of aliphatic hydroxyl groups excluding tert-OH is 3. The van der Waals surface area contributed by atoms with E-state index in [0.29, 0.717) is 6.61 Å². The third-order valence-corrected chi connectivity index (χ3v) is 3.78. The van der Waals surface area contributed by atoms with E-state index < -0.39 is 24.4 Å². The fraction of sp³-hybridized carbons (Fsp3) is 0.875. The predicted octanol–water partition coefficient (Wildman–Crippen LogP) is 1.40. The van der Waals surface area contributed by atoms with Crippen LogP contribution in [0.3, 0.4) is 0 Å². The molecule has 1 fully saturated rings. The average molecular weight is 302 g/mol. The highest BCUT2D eigenvalue weighted by molar-refractivity contribution is 4.89. The Labute approximate surface area is 127 Å². The van der Waals surface area contributed by atoms with E-state index in [9.17, 15) is 15.3 Å². The van der Waals surface area contributed by atoms with Crippen LogP contribution in [-0.2, 0) is 9.47 Å². The molecule has 0 saturated carbocycles. The third-order valence-electron chi connectivity index (χ3n) is 3.78. The van der Waals surface area contributed by atoms with Crippen LogP contribution in [0.2, 0.25) is 0 Å². The predicted molar refractivity (Wildman–Crippen MR) is 81.1 cm³/mol. The van der Waals surface area contributed by atoms with Gasteiger partial charge >= 0.3 is 0 Å². The first-order valence-electron chi connectivity index (χ1n) is 8.05. The maximum Gasteiger partial charge on any atom is 0.115 e. The molecule has 1 heterocycles. The van der Waals surface area contributed by atoms with Gasteiger partial charge in [-0.3, -0.25) is 0 Å². The van der Waals surface area contributed by atoms with Crippen LogP contribution in [0.4, 0.5) is 0 Å². The number of ether oxygens (including phenoxy) is 2. The molecular formula is C16H30O5. The molecule has 1 aliphatic heterocycles. The zero-order valence-electron chi connectivity index (χ0n) is 13.0. The van der Waals surface area contributed by atoms with Gasteiger partial charge in [-0.2, -0.15) is 0 Å². The summed E-state index contributed by atoms with van der Waals surface area (Å²) in [5.74, 6) is 0. The minimum absolute atomic E-state index is 0.0276. The molecule has 1 saturated heterocycles. The Morgan fingerprint density at radius 3 is 2.62 bits per heavy atom. The molecule has 1 rings (SSSR count). The second kappa shape index (κ2) is 11.2. The van der Waals surface area contributed by atoms with E-state index in [1.54, 1.807) is 0 Å². The zero-order valence-corrected chi connectivity index (χ0v) is 13.0. The summed E-state index contributed by atoms with van der Waals surface area (Å²) in [7, 11) is 0. The Morgan fingerprint density at radius 2 is 1.90 bits per heavy atom. The molecule has 3 N–H and O–H groups in total. The first-order chi connectivity index (χ1) is 10.2. The van der Waals surface area contributed by atoms with E-state index in [1.807, 2.05) is 6.08 Å². The molecule has 0 aromatic rings. The lowest BCUT2D eigenvalue weighted by Crippen LogP contribution is -2.55. The van der Waals surface area contributed by atoms with Crippen molar-refractivity contribution in [3.05, 3.63) is 12.2 Å². The van der Waals surface area contributed by atoms with Gasteiger partial charge in [-0.1, -0.05) is 44.8 Å². The fourth-order valence-corrected chi connectivity index (χ4v) is 2.44. The molecule has 0 spiro atoms. The minimum Gasteiger partial charge on any atom is -0.394 e. The number of hydrogen-bond donors (Lipinski definition) is 3. The van der Waals surface area contributed by atoms with E-state index in [1.165, 1.54) is 32.1 Å². The first kappa shape index (κ1) is 18.6. The molecule has 21 heavy (non-hydrogen) atoms. The highest BCUT2D eigenvalue weighted by atomic mass is 16.6. The van der Waals surface area contributed by atoms with Crippen molar-refractivity contribution in [2.75, 3.05) is 19.8 Å². The lowest BCUT2D eigenvalue weighted by atomic mass is 10.0. The van der Waals surface area contributed by atoms with Crippen molar-refractivity contribution in [3.8, 4) is 0 Å². The lowest BCUT2D eigenvalue weighted by Gasteiger charge is -2.37. The third kappa shape index (κ3) is 6.89. The van der Waals surface area contributed by atoms with Gasteiger partial charge in [-0.05, 0) is 12.8 Å². The molecule has 0 amide bonds. The van der Waals surface area contributed by atoms with E-state index in [-0.39, 0.29) is 13.2 Å². The molecule has 4 atom stereocenters. The Balaban J connectivity index is 2.17. The maximum atomic E-state index is 9.87. The van der Waals surface area contributed by atoms with Crippen LogP contribution in [0.5, 0.6) is 0 Å². The summed E-state index contributed by atoms with van der Waals surface area (Å²) in [6.45, 7) is 2.36. The Bertz CT molecular complexity index is 280. The van der Waals surface area contributed by atoms with Crippen molar-refractivity contribution in [2.45, 2.75) is 69.9 Å². The lowest BCUT2D eigenvalue weighted by molar-refractivity contribution is -0.208. The molecule has 0 aromatic heterocycles. The van der Waals surface area contributed by atoms with E-state index in [2.05, 4.69) is 13.0 Å². The Kier molecular flexibility index (Phi) is 9.87. The van der Waals surface area contributed by atoms with Crippen LogP contribution in [0.1, 0.15) is 45.4 Å². The number of rotatable bonds is 10. The molecule has 5 heteroatoms. The smallest absolute Gasteiger partial charge is 0.115 e. The molecule has 5 nitrogen and oxygen atoms in total. The van der Waals surface area contributed by atoms with Crippen molar-refractivity contribution in [1.82, 2.24) is 0 Å². The highest BCUT2D eigenvalue weighted by Gasteiger charge is 2.38. The van der Waals surface area contributed by atoms with Gasteiger partial charge in [-0.15, -0.1) is 0 Å². The van der Waals surface area contributed by atoms with E-state index >= 15 is 0 Å². The van der Waals surface area contributed by atoms with Crippen LogP contribution in [0.25, 0.3) is 0 Å². The van der Waals surface area contributed by atoms with Crippen LogP contribution in [0.15, 0.2) is 12.2 Å². The summed E-state index contributed by atoms with van der Waals surface area (Å²) < 4.78 is 10.8. The van der Waals surface area contributed by atoms with Crippen LogP contribution in [-0.4, -0.2) is 59.6 Å². The largest absolute Gasteiger partial charge is 0.394 e. The molecule has 0 radical (unpaired) electrons. The summed E-state index contributed by atoms with van der Waals surface area (Å²) >= 11 is 0. The van der Waals surface area contributed by atoms with Gasteiger partial charge in [0.15, 0.2) is 0 Å². The second-order valence-corrected chi connectivity index (χ2v) is 5.58. The number of hydrogen-bond acceptors (Lipinski definition) is 5. The molecule has 0 bridgehead atoms. The van der Waals surface area contributed by atoms with Gasteiger partial charge in [0.05, 0.1) is 19.8 Å². The summed E-state index contributed by atoms with van der Waals surface area (Å²) in [5.41, 5.74) is 0. The molecule has 0 aliphatic carbocycles. The minimum atomic E-state index is -1.02. The van der Waals surface area contributed by atoms with Crippen molar-refractivity contribution in [3.63, 3.8) is 0 Å². The second-order valence-electron chi connectivity index (χ2n) is 5.58. The van der Waals surface area contributed by atoms with Gasteiger partial charge in [0, 0.05) is 0 Å². The van der Waals surface area contributed by atoms with Crippen LogP contribution < -0.4 is 0 Å². The first-order valence-corrected chi connectivity index (χ1v) is 8.05. The molecular weight excluding hydrogens is 272 g/mol. The van der Waals surface area contributed by atoms with Crippen LogP contribution in [0, 0.1) is 0 Å². The van der Waals surface area contributed by atoms with E-state index in [0.717, 1.165) is 6.42 Å². The summed E-state index contributed by atoms with van der Waals surface area (Å²) in [6.07, 6.45) is 8.08. The SMILES string of the molecule is CCCCCCC/C=C/CO[C@@H]1[C@@H](O)[C@H](O)CO[C@H]1CO. The standard InChI is InChI=1S/C16H30O5/c1-2-3-4-5-6-7-8-9-10-20-16-14(11-17)21-12-13(18)15(16)19/h8-9,13-19H,2-7,10-12H2,1H3/b9-8+/t13-,14+,15+,16+/m1/s1. The zero-order chi connectivity index (χ0) is 15.5. The summed E-state index contributed by atoms with van der Waals surface area (Å²) in [4.78, 5) is 0. The Hall–Kier alpha value is -0.460. The van der Waals surface area contributed by atoms with Crippen molar-refractivity contribution < 1.29 is 24.8 Å². The van der Waals surface area contributed by atoms with E-state index in [4.69, 9.17) is 9.47 Å². The number of unbranched alkanes of at least 4 members (excludes halogenated alkanes) is 5. The quantitative estimate of drug-likeness (QED) is 0.420. The topological polar surface area (TPSA) is 79.2 Å². The van der Waals surface area contributed by atoms with Crippen LogP contribution >= 0.6 is 0 Å². The summed E-state index contributed by atoms with van der Waals surface area (Å²) in [6, 6.07) is 0.